The van der Waals surface area contributed by atoms with Crippen LogP contribution >= 0.6 is 0 Å². The van der Waals surface area contributed by atoms with Crippen molar-refractivity contribution >= 4 is 17.7 Å². The monoisotopic (exact) mass is 436 g/mol. The average molecular weight is 436 g/mol. The molecule has 164 valence electrons. The van der Waals surface area contributed by atoms with Crippen molar-refractivity contribution in [3.63, 3.8) is 0 Å². The first-order valence-corrected chi connectivity index (χ1v) is 10.0. The van der Waals surface area contributed by atoms with Crippen molar-refractivity contribution in [2.75, 3.05) is 5.32 Å². The number of aromatic nitrogens is 2. The maximum Gasteiger partial charge on any atom is 0.329 e. The fourth-order valence-corrected chi connectivity index (χ4v) is 3.60. The molecular weight excluding hydrogens is 415 g/mol. The van der Waals surface area contributed by atoms with E-state index in [2.05, 4.69) is 15.3 Å². The highest BCUT2D eigenvalue weighted by Gasteiger charge is 2.60. The number of ether oxygens (including phenoxy) is 1. The molecule has 0 aliphatic heterocycles. The molecule has 1 aliphatic carbocycles. The number of halogens is 1. The molecule has 0 radical (unpaired) electrons. The van der Waals surface area contributed by atoms with Crippen LogP contribution in [0.2, 0.25) is 0 Å². The molecule has 3 aromatic rings. The van der Waals surface area contributed by atoms with E-state index in [1.807, 2.05) is 6.92 Å². The Hall–Kier alpha value is -4.01. The molecule has 4 N–H and O–H groups in total. The summed E-state index contributed by atoms with van der Waals surface area (Å²) in [7, 11) is 0. The third-order valence-electron chi connectivity index (χ3n) is 5.47. The molecule has 1 aromatic heterocycles. The van der Waals surface area contributed by atoms with E-state index in [0.29, 0.717) is 29.9 Å². The lowest BCUT2D eigenvalue weighted by Gasteiger charge is -2.16. The predicted octanol–water partition coefficient (Wildman–Crippen LogP) is 3.84. The highest BCUT2D eigenvalue weighted by molar-refractivity contribution is 5.93. The van der Waals surface area contributed by atoms with Crippen LogP contribution in [0, 0.1) is 11.7 Å². The van der Waals surface area contributed by atoms with Crippen LogP contribution in [0.5, 0.6) is 11.5 Å². The quantitative estimate of drug-likeness (QED) is 0.489. The number of hydrogen-bond donors (Lipinski definition) is 3. The molecular formula is C23H21FN4O4. The van der Waals surface area contributed by atoms with Gasteiger partial charge in [-0.25, -0.2) is 19.2 Å². The number of primary amides is 1. The fraction of sp³-hybridized carbons (Fsp3) is 0.217. The van der Waals surface area contributed by atoms with Gasteiger partial charge in [-0.15, -0.1) is 0 Å². The summed E-state index contributed by atoms with van der Waals surface area (Å²) in [6.45, 7) is 1.92. The fourth-order valence-electron chi connectivity index (χ4n) is 3.60. The first-order valence-electron chi connectivity index (χ1n) is 10.0. The number of carboxylic acids is 1. The summed E-state index contributed by atoms with van der Waals surface area (Å²) < 4.78 is 18.7. The van der Waals surface area contributed by atoms with E-state index in [1.54, 1.807) is 24.3 Å². The number of anilines is 1. The number of carbonyl (C=O) groups is 2. The Morgan fingerprint density at radius 1 is 1.16 bits per heavy atom. The molecule has 9 heteroatoms. The second-order valence-corrected chi connectivity index (χ2v) is 7.62. The first-order chi connectivity index (χ1) is 15.3. The van der Waals surface area contributed by atoms with Gasteiger partial charge in [0.2, 0.25) is 0 Å². The standard InChI is InChI=1S/C23H21FN4O4/c1-2-14-12-23(14,22(30)31)28-19-11-18(20(25)29)26-21(27-19)13-3-7-16(8-4-13)32-17-9-5-15(24)6-10-17/h3-11,14H,2,12H2,1H3,(H2,25,29)(H,30,31)(H,26,27,28). The molecule has 1 aliphatic rings. The third kappa shape index (κ3) is 4.22. The maximum atomic E-state index is 13.0. The summed E-state index contributed by atoms with van der Waals surface area (Å²) in [5.74, 6) is -0.680. The van der Waals surface area contributed by atoms with Crippen LogP contribution in [0.4, 0.5) is 10.2 Å². The van der Waals surface area contributed by atoms with Crippen LogP contribution in [0.15, 0.2) is 54.6 Å². The van der Waals surface area contributed by atoms with Gasteiger partial charge >= 0.3 is 5.97 Å². The van der Waals surface area contributed by atoms with Gasteiger partial charge in [-0.2, -0.15) is 0 Å². The summed E-state index contributed by atoms with van der Waals surface area (Å²) in [6.07, 6.45) is 1.18. The number of benzene rings is 2. The van der Waals surface area contributed by atoms with Crippen LogP contribution < -0.4 is 15.8 Å². The second kappa shape index (κ2) is 8.26. The van der Waals surface area contributed by atoms with Gasteiger partial charge in [0.05, 0.1) is 0 Å². The average Bonchev–Trinajstić information content (AvgIpc) is 3.50. The number of carboxylic acid groups (broad SMARTS) is 1. The Morgan fingerprint density at radius 3 is 2.31 bits per heavy atom. The van der Waals surface area contributed by atoms with Crippen molar-refractivity contribution in [3.8, 4) is 22.9 Å². The van der Waals surface area contributed by atoms with Gasteiger partial charge in [-0.1, -0.05) is 13.3 Å². The van der Waals surface area contributed by atoms with Crippen LogP contribution in [-0.2, 0) is 4.79 Å². The van der Waals surface area contributed by atoms with Crippen LogP contribution in [0.3, 0.4) is 0 Å². The Balaban J connectivity index is 1.60. The molecule has 1 saturated carbocycles. The Morgan fingerprint density at radius 2 is 1.78 bits per heavy atom. The van der Waals surface area contributed by atoms with Crippen LogP contribution in [0.25, 0.3) is 11.4 Å². The minimum absolute atomic E-state index is 0.0293. The number of aliphatic carboxylic acids is 1. The lowest BCUT2D eigenvalue weighted by Crippen LogP contribution is -2.34. The lowest BCUT2D eigenvalue weighted by atomic mass is 10.1. The number of amides is 1. The molecule has 1 heterocycles. The van der Waals surface area contributed by atoms with E-state index in [9.17, 15) is 19.1 Å². The minimum Gasteiger partial charge on any atom is -0.479 e. The number of nitrogens with two attached hydrogens (primary N) is 1. The van der Waals surface area contributed by atoms with Crippen molar-refractivity contribution in [1.29, 1.82) is 0 Å². The molecule has 0 saturated heterocycles. The van der Waals surface area contributed by atoms with E-state index in [0.717, 1.165) is 0 Å². The van der Waals surface area contributed by atoms with E-state index >= 15 is 0 Å². The molecule has 1 amide bonds. The van der Waals surface area contributed by atoms with Gasteiger partial charge in [0.25, 0.3) is 5.91 Å². The molecule has 0 spiro atoms. The van der Waals surface area contributed by atoms with E-state index in [1.165, 1.54) is 30.3 Å². The molecule has 0 bridgehead atoms. The topological polar surface area (TPSA) is 127 Å². The zero-order valence-corrected chi connectivity index (χ0v) is 17.2. The molecule has 4 rings (SSSR count). The largest absolute Gasteiger partial charge is 0.479 e. The molecule has 8 nitrogen and oxygen atoms in total. The molecule has 2 aromatic carbocycles. The van der Waals surface area contributed by atoms with Crippen LogP contribution in [-0.4, -0.2) is 32.5 Å². The zero-order chi connectivity index (χ0) is 22.9. The highest BCUT2D eigenvalue weighted by Crippen LogP contribution is 2.48. The number of rotatable bonds is 8. The van der Waals surface area contributed by atoms with Gasteiger partial charge in [0, 0.05) is 11.6 Å². The highest BCUT2D eigenvalue weighted by atomic mass is 19.1. The van der Waals surface area contributed by atoms with Gasteiger partial charge in [-0.3, -0.25) is 4.79 Å². The third-order valence-corrected chi connectivity index (χ3v) is 5.47. The van der Waals surface area contributed by atoms with Gasteiger partial charge in [-0.05, 0) is 60.9 Å². The Labute approximate surface area is 183 Å². The van der Waals surface area contributed by atoms with Crippen molar-refractivity contribution in [3.05, 3.63) is 66.1 Å². The van der Waals surface area contributed by atoms with Gasteiger partial charge in [0.15, 0.2) is 5.82 Å². The molecule has 32 heavy (non-hydrogen) atoms. The van der Waals surface area contributed by atoms with Crippen molar-refractivity contribution < 1.29 is 23.8 Å². The van der Waals surface area contributed by atoms with E-state index in [4.69, 9.17) is 10.5 Å². The molecule has 2 unspecified atom stereocenters. The molecule has 1 fully saturated rings. The summed E-state index contributed by atoms with van der Waals surface area (Å²) in [6, 6.07) is 13.7. The normalized spacial score (nSPS) is 19.2. The number of nitrogens with zero attached hydrogens (tertiary/aromatic N) is 2. The van der Waals surface area contributed by atoms with Crippen molar-refractivity contribution in [2.45, 2.75) is 25.3 Å². The summed E-state index contributed by atoms with van der Waals surface area (Å²) in [5, 5.41) is 12.6. The Kier molecular flexibility index (Phi) is 5.48. The molecule has 2 atom stereocenters. The van der Waals surface area contributed by atoms with Gasteiger partial charge < -0.3 is 20.9 Å². The maximum absolute atomic E-state index is 13.0. The van der Waals surface area contributed by atoms with Gasteiger partial charge in [0.1, 0.15) is 34.4 Å². The lowest BCUT2D eigenvalue weighted by molar-refractivity contribution is -0.139. The zero-order valence-electron chi connectivity index (χ0n) is 17.2. The minimum atomic E-state index is -1.11. The number of hydrogen-bond acceptors (Lipinski definition) is 6. The Bertz CT molecular complexity index is 1170. The number of nitrogens with one attached hydrogen (secondary N) is 1. The smallest absolute Gasteiger partial charge is 0.329 e. The number of carbonyl (C=O) groups excluding carboxylic acids is 1. The van der Waals surface area contributed by atoms with E-state index in [-0.39, 0.29) is 29.1 Å². The van der Waals surface area contributed by atoms with Crippen LogP contribution in [0.1, 0.15) is 30.3 Å². The summed E-state index contributed by atoms with van der Waals surface area (Å²) in [4.78, 5) is 32.2. The predicted molar refractivity (Wildman–Crippen MR) is 115 cm³/mol. The summed E-state index contributed by atoms with van der Waals surface area (Å²) in [5.41, 5.74) is 4.86. The second-order valence-electron chi connectivity index (χ2n) is 7.62. The SMILES string of the molecule is CCC1CC1(Nc1cc(C(N)=O)nc(-c2ccc(Oc3ccc(F)cc3)cc2)n1)C(=O)O. The summed E-state index contributed by atoms with van der Waals surface area (Å²) >= 11 is 0. The van der Waals surface area contributed by atoms with Crippen molar-refractivity contribution in [1.82, 2.24) is 9.97 Å². The van der Waals surface area contributed by atoms with Crippen molar-refractivity contribution in [2.24, 2.45) is 11.7 Å². The first kappa shape index (κ1) is 21.2. The van der Waals surface area contributed by atoms with E-state index < -0.39 is 17.4 Å².